The first kappa shape index (κ1) is 37.0. The molecule has 0 amide bonds. The van der Waals surface area contributed by atoms with Gasteiger partial charge in [0, 0.05) is 0 Å². The van der Waals surface area contributed by atoms with E-state index in [0.29, 0.717) is 10.8 Å². The molecule has 0 bridgehead atoms. The van der Waals surface area contributed by atoms with Gasteiger partial charge in [0.15, 0.2) is 0 Å². The lowest BCUT2D eigenvalue weighted by molar-refractivity contribution is 0.0135. The first-order valence-electron chi connectivity index (χ1n) is 17.7. The van der Waals surface area contributed by atoms with E-state index in [4.69, 9.17) is 0 Å². The molecule has 0 saturated heterocycles. The maximum absolute atomic E-state index is 2.39. The molecule has 0 heterocycles. The molecule has 0 heteroatoms. The van der Waals surface area contributed by atoms with Crippen LogP contribution in [0.5, 0.6) is 0 Å². The predicted octanol–water partition coefficient (Wildman–Crippen LogP) is 13.2. The van der Waals surface area contributed by atoms with Crippen LogP contribution in [0.2, 0.25) is 0 Å². The van der Waals surface area contributed by atoms with Crippen LogP contribution < -0.4 is 0 Å². The van der Waals surface area contributed by atoms with Crippen molar-refractivity contribution in [3.63, 3.8) is 0 Å². The van der Waals surface area contributed by atoms with Crippen LogP contribution in [-0.2, 0) is 0 Å². The van der Waals surface area contributed by atoms with Gasteiger partial charge in [0.2, 0.25) is 0 Å². The summed E-state index contributed by atoms with van der Waals surface area (Å²) in [5.41, 5.74) is 2.89. The van der Waals surface area contributed by atoms with Gasteiger partial charge in [-0.25, -0.2) is 0 Å². The van der Waals surface area contributed by atoms with Gasteiger partial charge in [-0.15, -0.1) is 0 Å². The number of hydrogen-bond donors (Lipinski definition) is 0. The summed E-state index contributed by atoms with van der Waals surface area (Å²) < 4.78 is 0. The fourth-order valence-electron chi connectivity index (χ4n) is 9.87. The zero-order chi connectivity index (χ0) is 30.7. The van der Waals surface area contributed by atoms with E-state index < -0.39 is 0 Å². The molecule has 39 heavy (non-hydrogen) atoms. The van der Waals surface area contributed by atoms with Gasteiger partial charge >= 0.3 is 0 Å². The standard InChI is InChI=1S/3C10H20.C9H18/c2*1-7(2)10(8(3)4)6-9(10)5;1-8(2)10(9(3)4)6-5-7-10;1-7(2)9(5-6-9)8(3)4/h2*7-9H,6H2,1-5H3;8-9H,5-7H2,1-4H3;7-8H,5-6H2,1-4H3. The van der Waals surface area contributed by atoms with Crippen LogP contribution in [0.4, 0.5) is 0 Å². The maximum atomic E-state index is 2.39. The third-order valence-corrected chi connectivity index (χ3v) is 13.8. The highest BCUT2D eigenvalue weighted by Gasteiger charge is 2.55. The monoisotopic (exact) mass is 547 g/mol. The van der Waals surface area contributed by atoms with E-state index in [1.807, 2.05) is 0 Å². The molecule has 0 radical (unpaired) electrons. The second-order valence-corrected chi connectivity index (χ2v) is 17.5. The van der Waals surface area contributed by atoms with E-state index in [1.54, 1.807) is 0 Å². The van der Waals surface area contributed by atoms with Crippen LogP contribution in [-0.4, -0.2) is 0 Å². The molecule has 0 spiro atoms. The number of hydrogen-bond acceptors (Lipinski definition) is 0. The van der Waals surface area contributed by atoms with Crippen molar-refractivity contribution in [1.29, 1.82) is 0 Å². The Bertz CT molecular complexity index is 596. The Labute approximate surface area is 250 Å². The molecule has 0 aromatic heterocycles. The Hall–Kier alpha value is 0. The highest BCUT2D eigenvalue weighted by molar-refractivity contribution is 5.04. The zero-order valence-corrected chi connectivity index (χ0v) is 30.7. The molecule has 0 aliphatic heterocycles. The second kappa shape index (κ2) is 14.0. The summed E-state index contributed by atoms with van der Waals surface area (Å²) in [5, 5.41) is 0. The third kappa shape index (κ3) is 7.89. The Morgan fingerprint density at radius 1 is 0.359 bits per heavy atom. The molecule has 4 rings (SSSR count). The molecular weight excluding hydrogens is 468 g/mol. The first-order chi connectivity index (χ1) is 17.7. The van der Waals surface area contributed by atoms with Gasteiger partial charge < -0.3 is 0 Å². The van der Waals surface area contributed by atoms with Crippen LogP contribution in [0.15, 0.2) is 0 Å². The molecule has 234 valence electrons. The minimum Gasteiger partial charge on any atom is -0.0622 e. The van der Waals surface area contributed by atoms with Crippen molar-refractivity contribution in [2.45, 2.75) is 170 Å². The van der Waals surface area contributed by atoms with E-state index in [9.17, 15) is 0 Å². The average Bonchev–Trinajstić information content (AvgIpc) is 3.63. The molecule has 4 saturated carbocycles. The normalized spacial score (nSPS) is 26.6. The summed E-state index contributed by atoms with van der Waals surface area (Å²) in [5.74, 6) is 9.05. The minimum absolute atomic E-state index is 0.708. The van der Waals surface area contributed by atoms with Gasteiger partial charge in [-0.3, -0.25) is 0 Å². The van der Waals surface area contributed by atoms with Gasteiger partial charge in [-0.1, -0.05) is 131 Å². The van der Waals surface area contributed by atoms with Crippen molar-refractivity contribution in [2.24, 2.45) is 80.8 Å². The van der Waals surface area contributed by atoms with E-state index >= 15 is 0 Å². The Morgan fingerprint density at radius 3 is 0.564 bits per heavy atom. The lowest BCUT2D eigenvalue weighted by Gasteiger charge is -2.49. The van der Waals surface area contributed by atoms with E-state index in [1.165, 1.54) is 44.9 Å². The average molecular weight is 547 g/mol. The highest BCUT2D eigenvalue weighted by atomic mass is 14.6. The quantitative estimate of drug-likeness (QED) is 0.284. The van der Waals surface area contributed by atoms with Crippen LogP contribution in [0.1, 0.15) is 170 Å². The molecule has 4 aliphatic rings. The molecule has 0 N–H and O–H groups in total. The topological polar surface area (TPSA) is 0 Å². The maximum Gasteiger partial charge on any atom is -0.0223 e. The molecule has 4 aliphatic carbocycles. The van der Waals surface area contributed by atoms with Crippen molar-refractivity contribution in [2.75, 3.05) is 0 Å². The SMILES string of the molecule is CC(C)C1(C(C)C)CC1.CC(C)C1(C(C)C)CC1C.CC(C)C1(C(C)C)CC1C.CC(C)C1(C(C)C)CCC1. The molecule has 4 fully saturated rings. The Balaban J connectivity index is 0.000000260. The second-order valence-electron chi connectivity index (χ2n) is 17.5. The van der Waals surface area contributed by atoms with E-state index in [2.05, 4.69) is 125 Å². The Morgan fingerprint density at radius 2 is 0.564 bits per heavy atom. The summed E-state index contributed by atoms with van der Waals surface area (Å²) in [4.78, 5) is 0. The lowest BCUT2D eigenvalue weighted by Crippen LogP contribution is -2.39. The molecule has 2 atom stereocenters. The van der Waals surface area contributed by atoms with Crippen molar-refractivity contribution in [1.82, 2.24) is 0 Å². The van der Waals surface area contributed by atoms with Crippen molar-refractivity contribution in [3.05, 3.63) is 0 Å². The first-order valence-corrected chi connectivity index (χ1v) is 17.7. The zero-order valence-electron chi connectivity index (χ0n) is 30.7. The van der Waals surface area contributed by atoms with Gasteiger partial charge in [-0.05, 0) is 119 Å². The Kier molecular flexibility index (Phi) is 13.3. The molecule has 0 nitrogen and oxygen atoms in total. The third-order valence-electron chi connectivity index (χ3n) is 13.8. The van der Waals surface area contributed by atoms with Gasteiger partial charge in [-0.2, -0.15) is 0 Å². The van der Waals surface area contributed by atoms with Crippen molar-refractivity contribution >= 4 is 0 Å². The van der Waals surface area contributed by atoms with Crippen molar-refractivity contribution in [3.8, 4) is 0 Å². The summed E-state index contributed by atoms with van der Waals surface area (Å²) >= 11 is 0. The highest BCUT2D eigenvalue weighted by Crippen LogP contribution is 2.63. The van der Waals surface area contributed by atoms with Gasteiger partial charge in [0.05, 0.1) is 0 Å². The van der Waals surface area contributed by atoms with Crippen LogP contribution >= 0.6 is 0 Å². The molecule has 0 aromatic carbocycles. The summed E-state index contributed by atoms with van der Waals surface area (Å²) in [6.07, 6.45) is 10.3. The van der Waals surface area contributed by atoms with Crippen LogP contribution in [0, 0.1) is 80.8 Å². The smallest absolute Gasteiger partial charge is 0.0223 e. The molecule has 0 aromatic rings. The predicted molar refractivity (Wildman–Crippen MR) is 179 cm³/mol. The summed E-state index contributed by atoms with van der Waals surface area (Å²) in [6.45, 7) is 42.6. The fourth-order valence-corrected chi connectivity index (χ4v) is 9.87. The van der Waals surface area contributed by atoms with Gasteiger partial charge in [0.1, 0.15) is 0 Å². The molecule has 2 unspecified atom stereocenters. The largest absolute Gasteiger partial charge is 0.0622 e. The van der Waals surface area contributed by atoms with E-state index in [-0.39, 0.29) is 0 Å². The van der Waals surface area contributed by atoms with Crippen LogP contribution in [0.3, 0.4) is 0 Å². The minimum atomic E-state index is 0.708. The fraction of sp³-hybridized carbons (Fsp3) is 1.00. The summed E-state index contributed by atoms with van der Waals surface area (Å²) in [6, 6.07) is 0. The van der Waals surface area contributed by atoms with Gasteiger partial charge in [0.25, 0.3) is 0 Å². The number of rotatable bonds is 8. The van der Waals surface area contributed by atoms with Crippen molar-refractivity contribution < 1.29 is 0 Å². The molecular formula is C39H78. The summed E-state index contributed by atoms with van der Waals surface area (Å²) in [7, 11) is 0. The lowest BCUT2D eigenvalue weighted by atomic mass is 9.56. The van der Waals surface area contributed by atoms with Crippen LogP contribution in [0.25, 0.3) is 0 Å². The van der Waals surface area contributed by atoms with E-state index in [0.717, 1.165) is 70.0 Å².